The summed E-state index contributed by atoms with van der Waals surface area (Å²) in [6.07, 6.45) is 4.78. The van der Waals surface area contributed by atoms with Gasteiger partial charge in [0.05, 0.1) is 13.2 Å². The predicted molar refractivity (Wildman–Crippen MR) is 97.5 cm³/mol. The Bertz CT molecular complexity index is 1030. The molecule has 0 radical (unpaired) electrons. The summed E-state index contributed by atoms with van der Waals surface area (Å²) in [5, 5.41) is 0. The van der Waals surface area contributed by atoms with Crippen LogP contribution in [0.5, 0.6) is 5.75 Å². The number of hydrogen-bond acceptors (Lipinski definition) is 4. The second kappa shape index (κ2) is 6.63. The Balaban J connectivity index is 1.71. The number of fused-ring (bicyclic) bond motifs is 1. The average Bonchev–Trinajstić information content (AvgIpc) is 3.18. The number of hydrogen-bond donors (Lipinski definition) is 0. The molecule has 3 heterocycles. The molecule has 6 heteroatoms. The molecule has 6 nitrogen and oxygen atoms in total. The lowest BCUT2D eigenvalue weighted by Crippen LogP contribution is -2.35. The van der Waals surface area contributed by atoms with E-state index in [0.29, 0.717) is 12.2 Å². The SMILES string of the molecule is COc1cccc(C2CCCN2C(=O)c2cnc3ccccn3c2=O)c1. The number of aromatic nitrogens is 2. The summed E-state index contributed by atoms with van der Waals surface area (Å²) < 4.78 is 6.70. The van der Waals surface area contributed by atoms with E-state index in [0.717, 1.165) is 24.2 Å². The Morgan fingerprint density at radius 1 is 1.23 bits per heavy atom. The van der Waals surface area contributed by atoms with Crippen LogP contribution in [0.1, 0.15) is 34.8 Å². The molecule has 0 N–H and O–H groups in total. The molecule has 1 aliphatic rings. The third-order valence-electron chi connectivity index (χ3n) is 4.84. The zero-order chi connectivity index (χ0) is 18.1. The minimum Gasteiger partial charge on any atom is -0.497 e. The molecule has 0 bridgehead atoms. The van der Waals surface area contributed by atoms with E-state index in [1.165, 1.54) is 10.6 Å². The lowest BCUT2D eigenvalue weighted by Gasteiger charge is -2.25. The van der Waals surface area contributed by atoms with Crippen LogP contribution in [0.4, 0.5) is 0 Å². The molecule has 1 saturated heterocycles. The first-order valence-electron chi connectivity index (χ1n) is 8.60. The number of benzene rings is 1. The molecule has 132 valence electrons. The summed E-state index contributed by atoms with van der Waals surface area (Å²) in [5.41, 5.74) is 1.31. The molecule has 1 fully saturated rings. The van der Waals surface area contributed by atoms with E-state index >= 15 is 0 Å². The highest BCUT2D eigenvalue weighted by molar-refractivity contribution is 5.94. The van der Waals surface area contributed by atoms with Crippen molar-refractivity contribution in [1.29, 1.82) is 0 Å². The van der Waals surface area contributed by atoms with Gasteiger partial charge in [0.2, 0.25) is 0 Å². The van der Waals surface area contributed by atoms with Gasteiger partial charge in [-0.1, -0.05) is 18.2 Å². The molecular weight excluding hydrogens is 330 g/mol. The number of carbonyl (C=O) groups excluding carboxylic acids is 1. The lowest BCUT2D eigenvalue weighted by atomic mass is 10.0. The summed E-state index contributed by atoms with van der Waals surface area (Å²) >= 11 is 0. The van der Waals surface area contributed by atoms with Crippen molar-refractivity contribution in [1.82, 2.24) is 14.3 Å². The van der Waals surface area contributed by atoms with Crippen LogP contribution < -0.4 is 10.3 Å². The summed E-state index contributed by atoms with van der Waals surface area (Å²) in [7, 11) is 1.62. The number of rotatable bonds is 3. The van der Waals surface area contributed by atoms with Gasteiger partial charge in [0.1, 0.15) is 17.0 Å². The summed E-state index contributed by atoms with van der Waals surface area (Å²) in [5.74, 6) is 0.486. The molecule has 1 amide bonds. The highest BCUT2D eigenvalue weighted by Crippen LogP contribution is 2.34. The minimum absolute atomic E-state index is 0.0616. The molecule has 2 aromatic heterocycles. The minimum atomic E-state index is -0.336. The van der Waals surface area contributed by atoms with E-state index in [1.54, 1.807) is 30.3 Å². The van der Waals surface area contributed by atoms with Crippen LogP contribution >= 0.6 is 0 Å². The molecule has 26 heavy (non-hydrogen) atoms. The first-order valence-corrected chi connectivity index (χ1v) is 8.60. The van der Waals surface area contributed by atoms with E-state index < -0.39 is 0 Å². The Labute approximate surface area is 150 Å². The molecule has 0 spiro atoms. The lowest BCUT2D eigenvalue weighted by molar-refractivity contribution is 0.0733. The zero-order valence-corrected chi connectivity index (χ0v) is 14.5. The van der Waals surface area contributed by atoms with E-state index in [4.69, 9.17) is 4.74 Å². The fraction of sp³-hybridized carbons (Fsp3) is 0.250. The molecule has 4 rings (SSSR count). The van der Waals surface area contributed by atoms with Gasteiger partial charge in [-0.15, -0.1) is 0 Å². The highest BCUT2D eigenvalue weighted by Gasteiger charge is 2.32. The molecule has 1 unspecified atom stereocenters. The van der Waals surface area contributed by atoms with Crippen LogP contribution in [-0.2, 0) is 0 Å². The van der Waals surface area contributed by atoms with Gasteiger partial charge in [0, 0.05) is 18.9 Å². The maximum Gasteiger partial charge on any atom is 0.270 e. The van der Waals surface area contributed by atoms with Crippen LogP contribution in [0.15, 0.2) is 59.7 Å². The van der Waals surface area contributed by atoms with Gasteiger partial charge in [-0.2, -0.15) is 0 Å². The van der Waals surface area contributed by atoms with Crippen molar-refractivity contribution in [3.8, 4) is 5.75 Å². The van der Waals surface area contributed by atoms with Crippen LogP contribution in [0.2, 0.25) is 0 Å². The number of ether oxygens (including phenoxy) is 1. The van der Waals surface area contributed by atoms with Crippen molar-refractivity contribution < 1.29 is 9.53 Å². The van der Waals surface area contributed by atoms with Crippen molar-refractivity contribution in [3.05, 3.63) is 76.3 Å². The number of nitrogens with zero attached hydrogens (tertiary/aromatic N) is 3. The Kier molecular flexibility index (Phi) is 4.16. The molecule has 1 aliphatic heterocycles. The number of carbonyl (C=O) groups is 1. The summed E-state index contributed by atoms with van der Waals surface area (Å²) in [6.45, 7) is 0.623. The van der Waals surface area contributed by atoms with Gasteiger partial charge in [-0.3, -0.25) is 14.0 Å². The second-order valence-corrected chi connectivity index (χ2v) is 6.34. The predicted octanol–water partition coefficient (Wildman–Crippen LogP) is 2.68. The van der Waals surface area contributed by atoms with E-state index in [9.17, 15) is 9.59 Å². The Morgan fingerprint density at radius 2 is 2.12 bits per heavy atom. The van der Waals surface area contributed by atoms with Crippen LogP contribution in [0.3, 0.4) is 0 Å². The molecule has 1 aromatic carbocycles. The van der Waals surface area contributed by atoms with Crippen LogP contribution in [0, 0.1) is 0 Å². The normalized spacial score (nSPS) is 16.8. The second-order valence-electron chi connectivity index (χ2n) is 6.34. The van der Waals surface area contributed by atoms with Crippen molar-refractivity contribution in [3.63, 3.8) is 0 Å². The van der Waals surface area contributed by atoms with Crippen LogP contribution in [0.25, 0.3) is 5.65 Å². The van der Waals surface area contributed by atoms with Crippen molar-refractivity contribution >= 4 is 11.6 Å². The first-order chi connectivity index (χ1) is 12.7. The fourth-order valence-electron chi connectivity index (χ4n) is 3.53. The van der Waals surface area contributed by atoms with Gasteiger partial charge in [-0.25, -0.2) is 4.98 Å². The monoisotopic (exact) mass is 349 g/mol. The number of methoxy groups -OCH3 is 1. The Hall–Kier alpha value is -3.15. The summed E-state index contributed by atoms with van der Waals surface area (Å²) in [4.78, 5) is 31.8. The summed E-state index contributed by atoms with van der Waals surface area (Å²) in [6, 6.07) is 13.0. The van der Waals surface area contributed by atoms with Gasteiger partial charge >= 0.3 is 0 Å². The largest absolute Gasteiger partial charge is 0.497 e. The van der Waals surface area contributed by atoms with Gasteiger partial charge < -0.3 is 9.64 Å². The first kappa shape index (κ1) is 16.3. The molecule has 1 atom stereocenters. The molecule has 0 saturated carbocycles. The maximum absolute atomic E-state index is 13.1. The maximum atomic E-state index is 13.1. The van der Waals surface area contributed by atoms with Crippen LogP contribution in [-0.4, -0.2) is 33.8 Å². The van der Waals surface area contributed by atoms with Crippen molar-refractivity contribution in [2.24, 2.45) is 0 Å². The average molecular weight is 349 g/mol. The fourth-order valence-corrected chi connectivity index (χ4v) is 3.53. The third kappa shape index (κ3) is 2.73. The highest BCUT2D eigenvalue weighted by atomic mass is 16.5. The van der Waals surface area contributed by atoms with Gasteiger partial charge in [0.25, 0.3) is 11.5 Å². The number of amides is 1. The number of likely N-dealkylation sites (tertiary alicyclic amines) is 1. The van der Waals surface area contributed by atoms with Crippen molar-refractivity contribution in [2.45, 2.75) is 18.9 Å². The molecule has 0 aliphatic carbocycles. The van der Waals surface area contributed by atoms with E-state index in [1.807, 2.05) is 30.3 Å². The van der Waals surface area contributed by atoms with Gasteiger partial charge in [0.15, 0.2) is 0 Å². The zero-order valence-electron chi connectivity index (χ0n) is 14.5. The van der Waals surface area contributed by atoms with E-state index in [2.05, 4.69) is 4.98 Å². The smallest absolute Gasteiger partial charge is 0.270 e. The quantitative estimate of drug-likeness (QED) is 0.729. The standard InChI is InChI=1S/C20H19N3O3/c1-26-15-7-4-6-14(12-15)17-8-5-11-22(17)19(24)16-13-21-18-9-2-3-10-23(18)20(16)25/h2-4,6-7,9-10,12-13,17H,5,8,11H2,1H3. The topological polar surface area (TPSA) is 63.9 Å². The van der Waals surface area contributed by atoms with Gasteiger partial charge in [-0.05, 0) is 42.7 Å². The Morgan fingerprint density at radius 3 is 2.96 bits per heavy atom. The number of pyridine rings is 1. The van der Waals surface area contributed by atoms with E-state index in [-0.39, 0.29) is 23.1 Å². The van der Waals surface area contributed by atoms with Crippen molar-refractivity contribution in [2.75, 3.05) is 13.7 Å². The molecule has 3 aromatic rings. The molecular formula is C20H19N3O3. The third-order valence-corrected chi connectivity index (χ3v) is 4.84.